The first-order valence-electron chi connectivity index (χ1n) is 18.9. The number of nitrogens with zero attached hydrogens (tertiary/aromatic N) is 3. The van der Waals surface area contributed by atoms with Gasteiger partial charge in [-0.2, -0.15) is 0 Å². The lowest BCUT2D eigenvalue weighted by Crippen LogP contribution is -2.60. The lowest BCUT2D eigenvalue weighted by molar-refractivity contribution is -0.121. The van der Waals surface area contributed by atoms with Gasteiger partial charge in [0.15, 0.2) is 0 Å². The highest BCUT2D eigenvalue weighted by molar-refractivity contribution is 5.73. The molecule has 3 saturated carbocycles. The number of carbonyl (C=O) groups excluding carboxylic acids is 3. The van der Waals surface area contributed by atoms with Crippen LogP contribution in [0.25, 0.3) is 0 Å². The van der Waals surface area contributed by atoms with Crippen molar-refractivity contribution in [2.24, 2.45) is 32.5 Å². The number of hydrogen-bond acceptors (Lipinski definition) is 6. The summed E-state index contributed by atoms with van der Waals surface area (Å²) in [5, 5.41) is 9.25. The van der Waals surface area contributed by atoms with Crippen molar-refractivity contribution in [2.45, 2.75) is 179 Å². The minimum atomic E-state index is -0.618. The fourth-order valence-electron chi connectivity index (χ4n) is 11.7. The first-order chi connectivity index (χ1) is 23.1. The quantitative estimate of drug-likeness (QED) is 0.346. The van der Waals surface area contributed by atoms with Gasteiger partial charge in [-0.3, -0.25) is 14.4 Å². The van der Waals surface area contributed by atoms with Crippen LogP contribution in [0.2, 0.25) is 0 Å². The Labute approximate surface area is 303 Å². The molecule has 1 aromatic rings. The molecular formula is C39H66N6O6. The van der Waals surface area contributed by atoms with Crippen molar-refractivity contribution < 1.29 is 14.4 Å². The van der Waals surface area contributed by atoms with E-state index in [0.717, 1.165) is 38.5 Å². The van der Waals surface area contributed by atoms with Crippen LogP contribution in [0.5, 0.6) is 0 Å². The summed E-state index contributed by atoms with van der Waals surface area (Å²) in [6.45, 7) is 23.9. The zero-order valence-corrected chi connectivity index (χ0v) is 33.5. The predicted molar refractivity (Wildman–Crippen MR) is 199 cm³/mol. The number of nitrogens with one attached hydrogen (secondary N) is 3. The van der Waals surface area contributed by atoms with Crippen molar-refractivity contribution in [3.05, 3.63) is 31.5 Å². The first-order valence-corrected chi connectivity index (χ1v) is 18.9. The zero-order valence-electron chi connectivity index (χ0n) is 33.5. The van der Waals surface area contributed by atoms with Crippen LogP contribution in [0.3, 0.4) is 0 Å². The van der Waals surface area contributed by atoms with Crippen LogP contribution in [-0.4, -0.2) is 49.5 Å². The largest absolute Gasteiger partial charge is 0.354 e. The number of hydrogen-bond donors (Lipinski definition) is 3. The Kier molecular flexibility index (Phi) is 11.1. The van der Waals surface area contributed by atoms with E-state index in [9.17, 15) is 28.8 Å². The first kappa shape index (κ1) is 40.6. The summed E-state index contributed by atoms with van der Waals surface area (Å²) in [6.07, 6.45) is 6.33. The second-order valence-electron chi connectivity index (χ2n) is 20.5. The van der Waals surface area contributed by atoms with Crippen LogP contribution in [0, 0.1) is 32.5 Å². The molecule has 12 nitrogen and oxygen atoms in total. The van der Waals surface area contributed by atoms with Gasteiger partial charge in [0.1, 0.15) is 0 Å². The standard InChI is InChI=1S/C39H66N6O6/c1-25(46)40-28-13-34(4,5)19-37(10,16-28)22-43-31(49)44(23-38(11)17-29(41-26(2)47)14-35(6,7)20-38)33(51)45(32(43)50)24-39(12)18-30(42-27(3)48)15-36(8,9)21-39/h28-30H,13-24H2,1-12H3,(H,40,46)(H,41,47)(H,42,48). The van der Waals surface area contributed by atoms with E-state index < -0.39 is 33.3 Å². The Morgan fingerprint density at radius 1 is 0.471 bits per heavy atom. The molecule has 3 amide bonds. The fraction of sp³-hybridized carbons (Fsp3) is 0.846. The second kappa shape index (κ2) is 14.0. The SMILES string of the molecule is CC(=O)NC1CC(C)(C)CC(C)(Cn2c(=O)n(CC3(C)CC(NC(C)=O)CC(C)(C)C3)c(=O)n(CC3(C)CC(NC(C)=O)CC(C)(C)C3)c2=O)C1. The van der Waals surface area contributed by atoms with E-state index in [1.54, 1.807) is 0 Å². The van der Waals surface area contributed by atoms with E-state index in [4.69, 9.17) is 0 Å². The van der Waals surface area contributed by atoms with Crippen LogP contribution in [0.15, 0.2) is 14.4 Å². The summed E-state index contributed by atoms with van der Waals surface area (Å²) in [6, 6.07) is -0.324. The van der Waals surface area contributed by atoms with Gasteiger partial charge in [0, 0.05) is 58.5 Å². The number of rotatable bonds is 9. The molecule has 288 valence electrons. The molecule has 1 heterocycles. The maximum absolute atomic E-state index is 14.6. The number of carbonyl (C=O) groups is 3. The van der Waals surface area contributed by atoms with E-state index >= 15 is 0 Å². The van der Waals surface area contributed by atoms with Gasteiger partial charge in [-0.25, -0.2) is 28.1 Å². The Morgan fingerprint density at radius 2 is 0.686 bits per heavy atom. The highest BCUT2D eigenvalue weighted by Crippen LogP contribution is 2.49. The number of amides is 3. The van der Waals surface area contributed by atoms with Crippen molar-refractivity contribution >= 4 is 17.7 Å². The summed E-state index contributed by atoms with van der Waals surface area (Å²) >= 11 is 0. The maximum Gasteiger partial charge on any atom is 0.336 e. The van der Waals surface area contributed by atoms with Crippen molar-refractivity contribution in [1.29, 1.82) is 0 Å². The summed E-state index contributed by atoms with van der Waals surface area (Å²) in [5.74, 6) is -0.346. The monoisotopic (exact) mass is 715 g/mol. The number of aromatic nitrogens is 3. The molecule has 51 heavy (non-hydrogen) atoms. The lowest BCUT2D eigenvalue weighted by Gasteiger charge is -2.48. The molecule has 3 fully saturated rings. The second-order valence-corrected chi connectivity index (χ2v) is 20.5. The van der Waals surface area contributed by atoms with Crippen molar-refractivity contribution in [2.75, 3.05) is 0 Å². The average Bonchev–Trinajstić information content (AvgIpc) is 2.87. The van der Waals surface area contributed by atoms with Gasteiger partial charge in [0.25, 0.3) is 0 Å². The van der Waals surface area contributed by atoms with E-state index in [0.29, 0.717) is 19.3 Å². The average molecular weight is 715 g/mol. The van der Waals surface area contributed by atoms with Crippen LogP contribution in [0.1, 0.15) is 141 Å². The van der Waals surface area contributed by atoms with Crippen molar-refractivity contribution in [3.8, 4) is 0 Å². The molecule has 3 aliphatic carbocycles. The normalized spacial score (nSPS) is 32.8. The van der Waals surface area contributed by atoms with E-state index in [1.165, 1.54) is 34.5 Å². The van der Waals surface area contributed by atoms with Crippen LogP contribution >= 0.6 is 0 Å². The third-order valence-corrected chi connectivity index (χ3v) is 11.6. The lowest BCUT2D eigenvalue weighted by atomic mass is 9.62. The predicted octanol–water partition coefficient (Wildman–Crippen LogP) is 4.34. The van der Waals surface area contributed by atoms with Gasteiger partial charge in [0.05, 0.1) is 0 Å². The molecule has 4 rings (SSSR count). The highest BCUT2D eigenvalue weighted by Gasteiger charge is 2.46. The maximum atomic E-state index is 14.6. The molecule has 0 aromatic carbocycles. The van der Waals surface area contributed by atoms with Crippen molar-refractivity contribution in [3.63, 3.8) is 0 Å². The minimum absolute atomic E-state index is 0.108. The molecule has 6 atom stereocenters. The minimum Gasteiger partial charge on any atom is -0.354 e. The molecule has 0 radical (unpaired) electrons. The molecule has 1 aromatic heterocycles. The summed E-state index contributed by atoms with van der Waals surface area (Å²) in [4.78, 5) is 80.2. The summed E-state index contributed by atoms with van der Waals surface area (Å²) in [7, 11) is 0. The van der Waals surface area contributed by atoms with Crippen LogP contribution < -0.4 is 33.0 Å². The Morgan fingerprint density at radius 3 is 0.882 bits per heavy atom. The molecule has 0 bridgehead atoms. The van der Waals surface area contributed by atoms with E-state index in [2.05, 4.69) is 78.3 Å². The third-order valence-electron chi connectivity index (χ3n) is 11.6. The molecule has 0 aliphatic heterocycles. The molecule has 0 saturated heterocycles. The molecule has 3 aliphatic rings. The molecular weight excluding hydrogens is 648 g/mol. The fourth-order valence-corrected chi connectivity index (χ4v) is 11.7. The molecule has 12 heteroatoms. The third kappa shape index (κ3) is 10.2. The van der Waals surface area contributed by atoms with E-state index in [-0.39, 0.29) is 71.7 Å². The van der Waals surface area contributed by atoms with Gasteiger partial charge in [-0.1, -0.05) is 62.3 Å². The summed E-state index contributed by atoms with van der Waals surface area (Å²) < 4.78 is 3.83. The van der Waals surface area contributed by atoms with Crippen molar-refractivity contribution in [1.82, 2.24) is 29.7 Å². The van der Waals surface area contributed by atoms with Gasteiger partial charge in [0.2, 0.25) is 17.7 Å². The van der Waals surface area contributed by atoms with E-state index in [1.807, 2.05) is 0 Å². The zero-order chi connectivity index (χ0) is 38.5. The topological polar surface area (TPSA) is 153 Å². The Hall–Kier alpha value is -3.18. The van der Waals surface area contributed by atoms with Crippen LogP contribution in [0.4, 0.5) is 0 Å². The Balaban J connectivity index is 1.86. The molecule has 0 spiro atoms. The summed E-state index contributed by atoms with van der Waals surface area (Å²) in [5.41, 5.74) is -3.87. The van der Waals surface area contributed by atoms with Gasteiger partial charge in [-0.05, 0) is 90.3 Å². The smallest absolute Gasteiger partial charge is 0.336 e. The molecule has 6 unspecified atom stereocenters. The highest BCUT2D eigenvalue weighted by atomic mass is 16.2. The Bertz CT molecular complexity index is 1480. The van der Waals surface area contributed by atoms with Gasteiger partial charge in [-0.15, -0.1) is 0 Å². The van der Waals surface area contributed by atoms with Gasteiger partial charge < -0.3 is 16.0 Å². The van der Waals surface area contributed by atoms with Crippen LogP contribution in [-0.2, 0) is 34.0 Å². The molecule has 3 N–H and O–H groups in total. The van der Waals surface area contributed by atoms with Gasteiger partial charge >= 0.3 is 17.1 Å².